The summed E-state index contributed by atoms with van der Waals surface area (Å²) in [6, 6.07) is 30.4. The molecule has 2 heterocycles. The molecule has 0 fully saturated rings. The van der Waals surface area contributed by atoms with Crippen molar-refractivity contribution in [3.63, 3.8) is 0 Å². The highest BCUT2D eigenvalue weighted by Gasteiger charge is 2.34. The summed E-state index contributed by atoms with van der Waals surface area (Å²) in [5, 5.41) is 0. The lowest BCUT2D eigenvalue weighted by Gasteiger charge is -2.29. The smallest absolute Gasteiger partial charge is 0.264 e. The molecular weight excluding hydrogens is 418 g/mol. The lowest BCUT2D eigenvalue weighted by molar-refractivity contribution is 0.0973. The van der Waals surface area contributed by atoms with Gasteiger partial charge in [0.25, 0.3) is 5.91 Å². The van der Waals surface area contributed by atoms with E-state index in [9.17, 15) is 4.79 Å². The number of hydrogen-bond donors (Lipinski definition) is 0. The minimum atomic E-state index is -0.0277. The predicted octanol–water partition coefficient (Wildman–Crippen LogP) is 7.82. The number of benzene rings is 4. The molecule has 1 aliphatic heterocycles. The van der Waals surface area contributed by atoms with Crippen molar-refractivity contribution in [3.8, 4) is 11.4 Å². The fourth-order valence-electron chi connectivity index (χ4n) is 4.68. The Morgan fingerprint density at radius 1 is 0.676 bits per heavy atom. The first-order valence-corrected chi connectivity index (χ1v) is 11.7. The molecule has 0 saturated heterocycles. The molecule has 4 aromatic carbocycles. The van der Waals surface area contributed by atoms with E-state index < -0.39 is 0 Å². The van der Waals surface area contributed by atoms with Crippen LogP contribution in [0.4, 0.5) is 17.1 Å². The summed E-state index contributed by atoms with van der Waals surface area (Å²) < 4.78 is 1.75. The van der Waals surface area contributed by atoms with E-state index in [1.54, 1.807) is 4.57 Å². The van der Waals surface area contributed by atoms with Crippen LogP contribution in [0.15, 0.2) is 91.0 Å². The first-order valence-electron chi connectivity index (χ1n) is 11.7. The van der Waals surface area contributed by atoms with E-state index in [0.29, 0.717) is 11.4 Å². The molecular formula is C30H27N3O. The highest BCUT2D eigenvalue weighted by Crippen LogP contribution is 2.47. The Balaban J connectivity index is 0.00000117. The Bertz CT molecular complexity index is 1480. The van der Waals surface area contributed by atoms with E-state index in [1.807, 2.05) is 62.4 Å². The second-order valence-electron chi connectivity index (χ2n) is 8.17. The second kappa shape index (κ2) is 8.64. The Hall–Kier alpha value is -4.18. The van der Waals surface area contributed by atoms with Gasteiger partial charge in [0.05, 0.1) is 27.8 Å². The van der Waals surface area contributed by atoms with E-state index >= 15 is 0 Å². The van der Waals surface area contributed by atoms with Crippen LogP contribution in [0.1, 0.15) is 35.3 Å². The molecule has 1 aromatic heterocycles. The minimum absolute atomic E-state index is 0.0277. The SMILES string of the molecule is CC.Cc1ccccc1N(c1ccccc1C)c1cccc2c1-c1nc3ccccc3n1C2=O. The fourth-order valence-corrected chi connectivity index (χ4v) is 4.68. The van der Waals surface area contributed by atoms with E-state index in [0.717, 1.165) is 44.8 Å². The number of imidazole rings is 1. The van der Waals surface area contributed by atoms with Gasteiger partial charge in [-0.15, -0.1) is 0 Å². The molecule has 4 nitrogen and oxygen atoms in total. The standard InChI is InChI=1S/C28H21N3O.C2H6/c1-18-10-3-6-14-22(18)30(23-15-7-4-11-19(23)2)25-17-9-12-20-26(25)27-29-21-13-5-8-16-24(21)31(27)28(20)32;1-2/h3-17H,1-2H3;1-2H3. The summed E-state index contributed by atoms with van der Waals surface area (Å²) in [5.74, 6) is 0.675. The van der Waals surface area contributed by atoms with Crippen LogP contribution in [0, 0.1) is 13.8 Å². The number of anilines is 3. The fraction of sp³-hybridized carbons (Fsp3) is 0.133. The van der Waals surface area contributed by atoms with E-state index in [4.69, 9.17) is 4.98 Å². The molecule has 1 aliphatic rings. The van der Waals surface area contributed by atoms with Gasteiger partial charge < -0.3 is 4.90 Å². The van der Waals surface area contributed by atoms with Crippen LogP contribution in [-0.4, -0.2) is 15.5 Å². The zero-order valence-corrected chi connectivity index (χ0v) is 19.9. The van der Waals surface area contributed by atoms with Crippen LogP contribution in [0.3, 0.4) is 0 Å². The molecule has 4 heteroatoms. The normalized spacial score (nSPS) is 11.6. The monoisotopic (exact) mass is 445 g/mol. The summed E-state index contributed by atoms with van der Waals surface area (Å²) in [5.41, 5.74) is 8.66. The Morgan fingerprint density at radius 3 is 1.88 bits per heavy atom. The molecule has 168 valence electrons. The molecule has 34 heavy (non-hydrogen) atoms. The largest absolute Gasteiger partial charge is 0.309 e. The van der Waals surface area contributed by atoms with Gasteiger partial charge >= 0.3 is 0 Å². The topological polar surface area (TPSA) is 38.1 Å². The summed E-state index contributed by atoms with van der Waals surface area (Å²) in [6.45, 7) is 8.23. The first kappa shape index (κ1) is 21.7. The van der Waals surface area contributed by atoms with Crippen molar-refractivity contribution in [2.75, 3.05) is 4.90 Å². The molecule has 0 saturated carbocycles. The second-order valence-corrected chi connectivity index (χ2v) is 8.17. The van der Waals surface area contributed by atoms with Crippen molar-refractivity contribution in [1.29, 1.82) is 0 Å². The van der Waals surface area contributed by atoms with Crippen LogP contribution in [0.5, 0.6) is 0 Å². The molecule has 0 spiro atoms. The maximum absolute atomic E-state index is 13.4. The lowest BCUT2D eigenvalue weighted by Crippen LogP contribution is -2.14. The van der Waals surface area contributed by atoms with Crippen molar-refractivity contribution in [2.45, 2.75) is 27.7 Å². The van der Waals surface area contributed by atoms with Crippen LogP contribution >= 0.6 is 0 Å². The molecule has 0 aliphatic carbocycles. The highest BCUT2D eigenvalue weighted by molar-refractivity contribution is 6.15. The number of aryl methyl sites for hydroxylation is 2. The molecule has 0 atom stereocenters. The van der Waals surface area contributed by atoms with E-state index in [2.05, 4.69) is 61.2 Å². The number of carbonyl (C=O) groups is 1. The number of aromatic nitrogens is 2. The Labute approximate surface area is 200 Å². The maximum Gasteiger partial charge on any atom is 0.264 e. The third-order valence-corrected chi connectivity index (χ3v) is 6.21. The maximum atomic E-state index is 13.4. The van der Waals surface area contributed by atoms with Crippen molar-refractivity contribution in [2.24, 2.45) is 0 Å². The van der Waals surface area contributed by atoms with Crippen molar-refractivity contribution in [1.82, 2.24) is 9.55 Å². The van der Waals surface area contributed by atoms with Crippen LogP contribution in [0.2, 0.25) is 0 Å². The number of hydrogen-bond acceptors (Lipinski definition) is 3. The van der Waals surface area contributed by atoms with Crippen LogP contribution in [-0.2, 0) is 0 Å². The number of rotatable bonds is 3. The van der Waals surface area contributed by atoms with Crippen molar-refractivity contribution >= 4 is 34.0 Å². The third-order valence-electron chi connectivity index (χ3n) is 6.21. The van der Waals surface area contributed by atoms with Crippen molar-refractivity contribution < 1.29 is 4.79 Å². The zero-order chi connectivity index (χ0) is 23.8. The van der Waals surface area contributed by atoms with Gasteiger partial charge in [0, 0.05) is 11.4 Å². The number of carbonyl (C=O) groups excluding carboxylic acids is 1. The Kier molecular flexibility index (Phi) is 5.50. The lowest BCUT2D eigenvalue weighted by atomic mass is 10.0. The van der Waals surface area contributed by atoms with Gasteiger partial charge in [-0.05, 0) is 61.4 Å². The molecule has 0 radical (unpaired) electrons. The van der Waals surface area contributed by atoms with Gasteiger partial charge in [-0.1, -0.05) is 68.4 Å². The first-order chi connectivity index (χ1) is 16.6. The minimum Gasteiger partial charge on any atom is -0.309 e. The quantitative estimate of drug-likeness (QED) is 0.279. The molecule has 0 unspecified atom stereocenters. The van der Waals surface area contributed by atoms with Gasteiger partial charge in [0.1, 0.15) is 0 Å². The molecule has 6 rings (SSSR count). The molecule has 5 aromatic rings. The summed E-state index contributed by atoms with van der Waals surface area (Å²) in [7, 11) is 0. The summed E-state index contributed by atoms with van der Waals surface area (Å²) in [6.07, 6.45) is 0. The van der Waals surface area contributed by atoms with Gasteiger partial charge in [0.2, 0.25) is 0 Å². The zero-order valence-electron chi connectivity index (χ0n) is 19.9. The van der Waals surface area contributed by atoms with E-state index in [-0.39, 0.29) is 5.91 Å². The number of fused-ring (bicyclic) bond motifs is 5. The molecule has 0 bridgehead atoms. The molecule has 0 N–H and O–H groups in total. The van der Waals surface area contributed by atoms with Gasteiger partial charge in [-0.2, -0.15) is 0 Å². The van der Waals surface area contributed by atoms with E-state index in [1.165, 1.54) is 0 Å². The third kappa shape index (κ3) is 3.22. The van der Waals surface area contributed by atoms with Gasteiger partial charge in [-0.25, -0.2) is 4.98 Å². The average molecular weight is 446 g/mol. The predicted molar refractivity (Wildman–Crippen MR) is 140 cm³/mol. The van der Waals surface area contributed by atoms with Gasteiger partial charge in [-0.3, -0.25) is 9.36 Å². The number of nitrogens with zero attached hydrogens (tertiary/aromatic N) is 3. The summed E-state index contributed by atoms with van der Waals surface area (Å²) >= 11 is 0. The van der Waals surface area contributed by atoms with Crippen molar-refractivity contribution in [3.05, 3.63) is 108 Å². The highest BCUT2D eigenvalue weighted by atomic mass is 16.2. The van der Waals surface area contributed by atoms with Gasteiger partial charge in [0.15, 0.2) is 5.82 Å². The van der Waals surface area contributed by atoms with Crippen LogP contribution < -0.4 is 4.90 Å². The van der Waals surface area contributed by atoms with Crippen LogP contribution in [0.25, 0.3) is 22.4 Å². The molecule has 0 amide bonds. The summed E-state index contributed by atoms with van der Waals surface area (Å²) in [4.78, 5) is 20.6. The Morgan fingerprint density at radius 2 is 1.24 bits per heavy atom. The average Bonchev–Trinajstić information content (AvgIpc) is 3.38. The number of para-hydroxylation sites is 4.